The molecular weight excluding hydrogens is 400 g/mol. The minimum atomic E-state index is -0.424. The first kappa shape index (κ1) is 12.0. The van der Waals surface area contributed by atoms with Crippen molar-refractivity contribution < 1.29 is 15.4 Å². The Kier molecular flexibility index (Phi) is 2.58. The monoisotopic (exact) mass is 428 g/mol. The predicted molar refractivity (Wildman–Crippen MR) is 140 cm³/mol. The van der Waals surface area contributed by atoms with Crippen molar-refractivity contribution in [3.63, 3.8) is 0 Å². The van der Waals surface area contributed by atoms with Gasteiger partial charge in [0.25, 0.3) is 0 Å². The van der Waals surface area contributed by atoms with Crippen molar-refractivity contribution in [3.8, 4) is 22.3 Å². The highest BCUT2D eigenvalue weighted by Gasteiger charge is 2.19. The van der Waals surface area contributed by atoms with Crippen LogP contribution < -0.4 is 0 Å². The van der Waals surface area contributed by atoms with E-state index in [1.54, 1.807) is 30.3 Å². The summed E-state index contributed by atoms with van der Waals surface area (Å²) < 4.78 is 76.6. The van der Waals surface area contributed by atoms with E-state index in [0.29, 0.717) is 38.8 Å². The lowest BCUT2D eigenvalue weighted by Crippen LogP contribution is -1.91. The summed E-state index contributed by atoms with van der Waals surface area (Å²) in [6.07, 6.45) is 0. The van der Waals surface area contributed by atoms with E-state index in [0.717, 1.165) is 5.39 Å². The minimum absolute atomic E-state index is 0.185. The van der Waals surface area contributed by atoms with Crippen LogP contribution in [-0.2, 0) is 0 Å². The SMILES string of the molecule is [2H]c1c([2H])c([2H])c2c(-c3cccc4oc5ccccc5c34)c3c([2H])c([2H])c([2H])c([2H])c3c(-c3ccccc3)c2c1[2H]. The van der Waals surface area contributed by atoms with Crippen LogP contribution in [0.25, 0.3) is 65.7 Å². The van der Waals surface area contributed by atoms with Gasteiger partial charge in [-0.05, 0) is 55.9 Å². The molecule has 0 aliphatic carbocycles. The Bertz CT molecular complexity index is 2160. The number of benzene rings is 6. The van der Waals surface area contributed by atoms with Crippen molar-refractivity contribution in [1.29, 1.82) is 0 Å². The van der Waals surface area contributed by atoms with Crippen molar-refractivity contribution in [2.24, 2.45) is 0 Å². The highest BCUT2D eigenvalue weighted by atomic mass is 16.3. The average Bonchev–Trinajstić information content (AvgIpc) is 3.38. The molecule has 7 aromatic rings. The summed E-state index contributed by atoms with van der Waals surface area (Å²) in [7, 11) is 0. The van der Waals surface area contributed by atoms with E-state index < -0.39 is 24.2 Å². The van der Waals surface area contributed by atoms with Gasteiger partial charge in [-0.3, -0.25) is 0 Å². The lowest BCUT2D eigenvalue weighted by Gasteiger charge is -2.18. The fraction of sp³-hybridized carbons (Fsp3) is 0. The van der Waals surface area contributed by atoms with Gasteiger partial charge in [0.2, 0.25) is 0 Å². The molecule has 0 atom stereocenters. The molecule has 7 rings (SSSR count). The second-order valence-electron chi connectivity index (χ2n) is 7.89. The lowest BCUT2D eigenvalue weighted by atomic mass is 9.85. The third kappa shape index (κ3) is 2.66. The second-order valence-corrected chi connectivity index (χ2v) is 7.89. The Morgan fingerprint density at radius 2 is 1.06 bits per heavy atom. The number of para-hydroxylation sites is 1. The maximum Gasteiger partial charge on any atom is 0.136 e. The van der Waals surface area contributed by atoms with Crippen LogP contribution in [0, 0.1) is 0 Å². The van der Waals surface area contributed by atoms with Crippen LogP contribution >= 0.6 is 0 Å². The molecule has 1 nitrogen and oxygen atoms in total. The van der Waals surface area contributed by atoms with Crippen LogP contribution in [0.5, 0.6) is 0 Å². The van der Waals surface area contributed by atoms with Crippen LogP contribution in [0.2, 0.25) is 0 Å². The van der Waals surface area contributed by atoms with E-state index in [2.05, 4.69) is 0 Å². The summed E-state index contributed by atoms with van der Waals surface area (Å²) in [5.74, 6) is 0. The molecule has 0 amide bonds. The second kappa shape index (κ2) is 7.08. The molecule has 0 spiro atoms. The Labute approximate surface area is 202 Å². The summed E-state index contributed by atoms with van der Waals surface area (Å²) in [6.45, 7) is 0. The van der Waals surface area contributed by atoms with Gasteiger partial charge in [0.1, 0.15) is 11.2 Å². The first-order valence-corrected chi connectivity index (χ1v) is 10.6. The van der Waals surface area contributed by atoms with Crippen LogP contribution in [0.3, 0.4) is 0 Å². The maximum absolute atomic E-state index is 9.10. The van der Waals surface area contributed by atoms with Crippen molar-refractivity contribution >= 4 is 43.5 Å². The van der Waals surface area contributed by atoms with E-state index in [9.17, 15) is 0 Å². The van der Waals surface area contributed by atoms with E-state index >= 15 is 0 Å². The van der Waals surface area contributed by atoms with Gasteiger partial charge in [0, 0.05) is 10.8 Å². The number of hydrogen-bond acceptors (Lipinski definition) is 1. The molecule has 0 unspecified atom stereocenters. The molecule has 0 bridgehead atoms. The molecule has 0 N–H and O–H groups in total. The van der Waals surface area contributed by atoms with E-state index in [-0.39, 0.29) is 45.7 Å². The first-order chi connectivity index (χ1) is 19.7. The van der Waals surface area contributed by atoms with Gasteiger partial charge in [-0.25, -0.2) is 0 Å². The molecule has 0 radical (unpaired) electrons. The zero-order chi connectivity index (χ0) is 28.7. The molecule has 0 fully saturated rings. The van der Waals surface area contributed by atoms with Crippen LogP contribution in [0.1, 0.15) is 11.0 Å². The molecule has 0 saturated heterocycles. The molecule has 33 heavy (non-hydrogen) atoms. The summed E-state index contributed by atoms with van der Waals surface area (Å²) >= 11 is 0. The lowest BCUT2D eigenvalue weighted by molar-refractivity contribution is 0.669. The number of furan rings is 1. The average molecular weight is 429 g/mol. The molecule has 0 aliphatic heterocycles. The van der Waals surface area contributed by atoms with Crippen LogP contribution in [0.15, 0.2) is 126 Å². The molecule has 1 heteroatoms. The van der Waals surface area contributed by atoms with Gasteiger partial charge in [0.05, 0.1) is 11.0 Å². The van der Waals surface area contributed by atoms with Gasteiger partial charge in [0.15, 0.2) is 0 Å². The van der Waals surface area contributed by atoms with Crippen molar-refractivity contribution in [2.75, 3.05) is 0 Å². The molecule has 1 aromatic heterocycles. The topological polar surface area (TPSA) is 13.1 Å². The zero-order valence-electron chi connectivity index (χ0n) is 25.3. The van der Waals surface area contributed by atoms with Gasteiger partial charge >= 0.3 is 0 Å². The third-order valence-corrected chi connectivity index (χ3v) is 6.11. The summed E-state index contributed by atoms with van der Waals surface area (Å²) in [5.41, 5.74) is 2.97. The minimum Gasteiger partial charge on any atom is -0.456 e. The van der Waals surface area contributed by atoms with Gasteiger partial charge in [-0.2, -0.15) is 0 Å². The van der Waals surface area contributed by atoms with Gasteiger partial charge in [-0.15, -0.1) is 0 Å². The van der Waals surface area contributed by atoms with Crippen molar-refractivity contribution in [3.05, 3.63) is 121 Å². The Morgan fingerprint density at radius 1 is 0.485 bits per heavy atom. The Morgan fingerprint density at radius 3 is 1.76 bits per heavy atom. The standard InChI is InChI=1S/C32H20O/c1-2-11-21(12-3-1)30-22-13-4-6-15-24(22)31(25-16-7-5-14-23(25)30)27-18-10-20-29-32(27)26-17-8-9-19-28(26)33-29/h1-20H/i4D,5D,6D,7D,13D,14D,15D,16D. The van der Waals surface area contributed by atoms with E-state index in [1.165, 1.54) is 0 Å². The number of rotatable bonds is 2. The molecular formula is C32H20O. The Balaban J connectivity index is 1.89. The third-order valence-electron chi connectivity index (χ3n) is 6.11. The fourth-order valence-electron chi connectivity index (χ4n) is 4.77. The molecule has 154 valence electrons. The highest BCUT2D eigenvalue weighted by molar-refractivity contribution is 6.25. The molecule has 6 aromatic carbocycles. The zero-order valence-corrected chi connectivity index (χ0v) is 17.3. The summed E-state index contributed by atoms with van der Waals surface area (Å²) in [5, 5.41) is 2.24. The summed E-state index contributed by atoms with van der Waals surface area (Å²) in [6, 6.07) is 19.0. The fourth-order valence-corrected chi connectivity index (χ4v) is 4.77. The first-order valence-electron chi connectivity index (χ1n) is 14.6. The van der Waals surface area contributed by atoms with Crippen molar-refractivity contribution in [2.45, 2.75) is 0 Å². The Hall–Kier alpha value is -4.36. The number of fused-ring (bicyclic) bond motifs is 5. The van der Waals surface area contributed by atoms with Crippen LogP contribution in [0.4, 0.5) is 0 Å². The van der Waals surface area contributed by atoms with E-state index in [4.69, 9.17) is 15.4 Å². The normalized spacial score (nSPS) is 15.0. The summed E-state index contributed by atoms with van der Waals surface area (Å²) in [4.78, 5) is 0. The van der Waals surface area contributed by atoms with Crippen LogP contribution in [-0.4, -0.2) is 0 Å². The molecule has 1 heterocycles. The van der Waals surface area contributed by atoms with E-state index in [1.807, 2.05) is 42.5 Å². The quantitative estimate of drug-likeness (QED) is 0.250. The van der Waals surface area contributed by atoms with Crippen molar-refractivity contribution in [1.82, 2.24) is 0 Å². The maximum atomic E-state index is 9.10. The molecule has 0 aliphatic rings. The molecule has 0 saturated carbocycles. The predicted octanol–water partition coefficient (Wildman–Crippen LogP) is 9.23. The number of hydrogen-bond donors (Lipinski definition) is 0. The van der Waals surface area contributed by atoms with Gasteiger partial charge < -0.3 is 4.42 Å². The highest BCUT2D eigenvalue weighted by Crippen LogP contribution is 2.46. The smallest absolute Gasteiger partial charge is 0.136 e. The van der Waals surface area contributed by atoms with Gasteiger partial charge in [-0.1, -0.05) is 109 Å². The largest absolute Gasteiger partial charge is 0.456 e.